The van der Waals surface area contributed by atoms with Crippen LogP contribution < -0.4 is 4.90 Å². The van der Waals surface area contributed by atoms with Gasteiger partial charge in [-0.25, -0.2) is 0 Å². The molecule has 0 N–H and O–H groups in total. The lowest BCUT2D eigenvalue weighted by molar-refractivity contribution is 0.249. The van der Waals surface area contributed by atoms with E-state index in [9.17, 15) is 0 Å². The molecule has 0 amide bonds. The number of nitrogens with zero attached hydrogens (tertiary/aromatic N) is 3. The number of aromatic nitrogens is 1. The minimum atomic E-state index is 0.903. The van der Waals surface area contributed by atoms with Crippen molar-refractivity contribution in [1.29, 1.82) is 0 Å². The number of anilines is 1. The molecule has 21 heavy (non-hydrogen) atoms. The fraction of sp³-hybridized carbons (Fsp3) is 0.588. The predicted octanol–water partition coefficient (Wildman–Crippen LogP) is 3.61. The van der Waals surface area contributed by atoms with Gasteiger partial charge in [-0.05, 0) is 62.2 Å². The maximum Gasteiger partial charge on any atom is 0.0830 e. The van der Waals surface area contributed by atoms with Gasteiger partial charge in [-0.2, -0.15) is 0 Å². The number of thiophene rings is 1. The van der Waals surface area contributed by atoms with Crippen molar-refractivity contribution in [3.8, 4) is 0 Å². The second-order valence-corrected chi connectivity index (χ2v) is 7.32. The molecule has 0 bridgehead atoms. The van der Waals surface area contributed by atoms with Gasteiger partial charge >= 0.3 is 0 Å². The molecule has 2 fully saturated rings. The fourth-order valence-electron chi connectivity index (χ4n) is 3.80. The summed E-state index contributed by atoms with van der Waals surface area (Å²) >= 11 is 1.82. The van der Waals surface area contributed by atoms with Crippen molar-refractivity contribution >= 4 is 27.2 Å². The Hall–Kier alpha value is -1.13. The molecule has 0 radical (unpaired) electrons. The lowest BCUT2D eigenvalue weighted by Crippen LogP contribution is -2.38. The summed E-state index contributed by atoms with van der Waals surface area (Å²) in [6, 6.07) is 4.32. The summed E-state index contributed by atoms with van der Waals surface area (Å²) in [6.45, 7) is 6.41. The van der Waals surface area contributed by atoms with E-state index >= 15 is 0 Å². The van der Waals surface area contributed by atoms with E-state index in [1.807, 2.05) is 17.5 Å². The van der Waals surface area contributed by atoms with Gasteiger partial charge in [0.25, 0.3) is 0 Å². The molecule has 4 heteroatoms. The van der Waals surface area contributed by atoms with E-state index < -0.39 is 0 Å². The Balaban J connectivity index is 1.41. The Morgan fingerprint density at radius 2 is 1.90 bits per heavy atom. The van der Waals surface area contributed by atoms with Gasteiger partial charge in [-0.1, -0.05) is 0 Å². The molecule has 0 spiro atoms. The zero-order valence-electron chi connectivity index (χ0n) is 12.5. The van der Waals surface area contributed by atoms with E-state index in [-0.39, 0.29) is 0 Å². The number of hydrogen-bond acceptors (Lipinski definition) is 4. The van der Waals surface area contributed by atoms with Crippen LogP contribution in [0.5, 0.6) is 0 Å². The first-order valence-corrected chi connectivity index (χ1v) is 9.07. The van der Waals surface area contributed by atoms with Crippen LogP contribution in [0.2, 0.25) is 0 Å². The van der Waals surface area contributed by atoms with Gasteiger partial charge in [-0.15, -0.1) is 11.3 Å². The monoisotopic (exact) mass is 301 g/mol. The number of hydrogen-bond donors (Lipinski definition) is 0. The second-order valence-electron chi connectivity index (χ2n) is 6.40. The van der Waals surface area contributed by atoms with Crippen LogP contribution in [0.25, 0.3) is 10.2 Å². The number of likely N-dealkylation sites (tertiary alicyclic amines) is 1. The van der Waals surface area contributed by atoms with Gasteiger partial charge < -0.3 is 9.80 Å². The molecule has 112 valence electrons. The van der Waals surface area contributed by atoms with E-state index in [4.69, 9.17) is 0 Å². The molecule has 0 saturated carbocycles. The number of rotatable bonds is 3. The van der Waals surface area contributed by atoms with Crippen LogP contribution in [-0.2, 0) is 0 Å². The minimum Gasteiger partial charge on any atom is -0.370 e. The third-order valence-electron chi connectivity index (χ3n) is 4.99. The summed E-state index contributed by atoms with van der Waals surface area (Å²) in [5.41, 5.74) is 2.55. The van der Waals surface area contributed by atoms with E-state index in [2.05, 4.69) is 32.3 Å². The summed E-state index contributed by atoms with van der Waals surface area (Å²) in [4.78, 5) is 9.70. The maximum atomic E-state index is 4.46. The first kappa shape index (κ1) is 13.5. The highest BCUT2D eigenvalue weighted by Gasteiger charge is 2.23. The normalized spacial score (nSPS) is 21.4. The van der Waals surface area contributed by atoms with Gasteiger partial charge in [0, 0.05) is 25.8 Å². The summed E-state index contributed by atoms with van der Waals surface area (Å²) in [7, 11) is 0. The van der Waals surface area contributed by atoms with Crippen molar-refractivity contribution in [3.63, 3.8) is 0 Å². The molecular formula is C17H23N3S. The quantitative estimate of drug-likeness (QED) is 0.863. The number of pyridine rings is 1. The third kappa shape index (κ3) is 2.79. The number of fused-ring (bicyclic) bond motifs is 1. The largest absolute Gasteiger partial charge is 0.370 e. The van der Waals surface area contributed by atoms with Crippen LogP contribution in [0.3, 0.4) is 0 Å². The van der Waals surface area contributed by atoms with E-state index in [0.29, 0.717) is 0 Å². The lowest BCUT2D eigenvalue weighted by Gasteiger charge is -2.35. The van der Waals surface area contributed by atoms with Gasteiger partial charge in [0.05, 0.1) is 15.9 Å². The Labute approximate surface area is 130 Å². The van der Waals surface area contributed by atoms with Crippen LogP contribution >= 0.6 is 11.3 Å². The average molecular weight is 301 g/mol. The van der Waals surface area contributed by atoms with Crippen molar-refractivity contribution < 1.29 is 0 Å². The molecule has 0 unspecified atom stereocenters. The summed E-state index contributed by atoms with van der Waals surface area (Å²) < 4.78 is 1.36. The molecule has 4 rings (SSSR count). The van der Waals surface area contributed by atoms with Crippen LogP contribution in [0, 0.1) is 5.92 Å². The molecule has 2 aliphatic rings. The molecule has 3 nitrogen and oxygen atoms in total. The summed E-state index contributed by atoms with van der Waals surface area (Å²) in [5.74, 6) is 0.903. The first-order valence-electron chi connectivity index (χ1n) is 8.20. The van der Waals surface area contributed by atoms with Gasteiger partial charge in [-0.3, -0.25) is 4.98 Å². The van der Waals surface area contributed by atoms with Crippen molar-refractivity contribution in [2.24, 2.45) is 5.92 Å². The van der Waals surface area contributed by atoms with Gasteiger partial charge in [0.2, 0.25) is 0 Å². The molecule has 0 aromatic carbocycles. The van der Waals surface area contributed by atoms with Crippen molar-refractivity contribution in [3.05, 3.63) is 23.7 Å². The number of piperidine rings is 1. The first-order chi connectivity index (χ1) is 10.4. The Kier molecular flexibility index (Phi) is 3.82. The molecule has 2 aliphatic heterocycles. The predicted molar refractivity (Wildman–Crippen MR) is 90.2 cm³/mol. The molecule has 0 atom stereocenters. The van der Waals surface area contributed by atoms with E-state index in [1.54, 1.807) is 0 Å². The van der Waals surface area contributed by atoms with Crippen molar-refractivity contribution in [1.82, 2.24) is 9.88 Å². The average Bonchev–Trinajstić information content (AvgIpc) is 3.18. The van der Waals surface area contributed by atoms with E-state index in [1.165, 1.54) is 68.8 Å². The van der Waals surface area contributed by atoms with Crippen LogP contribution in [0.15, 0.2) is 23.7 Å². The lowest BCUT2D eigenvalue weighted by atomic mass is 9.96. The van der Waals surface area contributed by atoms with Crippen molar-refractivity contribution in [2.75, 3.05) is 37.6 Å². The highest BCUT2D eigenvalue weighted by atomic mass is 32.1. The molecule has 4 heterocycles. The molecule has 2 saturated heterocycles. The molecule has 0 aliphatic carbocycles. The SMILES string of the molecule is c1cc(N2CCC(CN3CCCC3)CC2)c2sccc2n1. The topological polar surface area (TPSA) is 19.4 Å². The second kappa shape index (κ2) is 5.93. The Morgan fingerprint density at radius 1 is 1.10 bits per heavy atom. The molecular weight excluding hydrogens is 278 g/mol. The third-order valence-corrected chi connectivity index (χ3v) is 5.92. The fourth-order valence-corrected chi connectivity index (χ4v) is 4.69. The zero-order chi connectivity index (χ0) is 14.1. The Morgan fingerprint density at radius 3 is 2.71 bits per heavy atom. The summed E-state index contributed by atoms with van der Waals surface area (Å²) in [6.07, 6.45) is 7.45. The highest BCUT2D eigenvalue weighted by Crippen LogP contribution is 2.32. The van der Waals surface area contributed by atoms with E-state index in [0.717, 1.165) is 11.4 Å². The maximum absolute atomic E-state index is 4.46. The molecule has 2 aromatic heterocycles. The molecule has 2 aromatic rings. The van der Waals surface area contributed by atoms with Crippen molar-refractivity contribution in [2.45, 2.75) is 25.7 Å². The van der Waals surface area contributed by atoms with Gasteiger partial charge in [0.1, 0.15) is 0 Å². The highest BCUT2D eigenvalue weighted by molar-refractivity contribution is 7.17. The van der Waals surface area contributed by atoms with Crippen LogP contribution in [0.4, 0.5) is 5.69 Å². The van der Waals surface area contributed by atoms with Crippen LogP contribution in [0.1, 0.15) is 25.7 Å². The van der Waals surface area contributed by atoms with Crippen LogP contribution in [-0.4, -0.2) is 42.6 Å². The summed E-state index contributed by atoms with van der Waals surface area (Å²) in [5, 5.41) is 2.15. The minimum absolute atomic E-state index is 0.903. The smallest absolute Gasteiger partial charge is 0.0830 e. The Bertz CT molecular complexity index is 595. The standard InChI is InChI=1S/C17H23N3S/c1-2-9-19(8-1)13-14-4-10-20(11-5-14)16-3-7-18-15-6-12-21-17(15)16/h3,6-7,12,14H,1-2,4-5,8-11,13H2. The van der Waals surface area contributed by atoms with Gasteiger partial charge in [0.15, 0.2) is 0 Å². The zero-order valence-corrected chi connectivity index (χ0v) is 13.3.